The summed E-state index contributed by atoms with van der Waals surface area (Å²) in [6, 6.07) is 5.23. The molecule has 24 heavy (non-hydrogen) atoms. The van der Waals surface area contributed by atoms with Crippen molar-refractivity contribution in [1.82, 2.24) is 14.9 Å². The highest BCUT2D eigenvalue weighted by Gasteiger charge is 2.17. The fourth-order valence-corrected chi connectivity index (χ4v) is 4.06. The number of nitrogens with one attached hydrogen (secondary N) is 2. The van der Waals surface area contributed by atoms with E-state index in [1.165, 1.54) is 11.3 Å². The minimum Gasteiger partial charge on any atom is -0.300 e. The number of hydrogen-bond donors (Lipinski definition) is 2. The summed E-state index contributed by atoms with van der Waals surface area (Å²) in [6.45, 7) is 5.54. The second-order valence-electron chi connectivity index (χ2n) is 5.32. The Labute approximate surface area is 145 Å². The molecule has 0 aliphatic rings. The van der Waals surface area contributed by atoms with Crippen LogP contribution in [0, 0.1) is 13.8 Å². The molecule has 0 atom stereocenters. The Morgan fingerprint density at radius 3 is 2.67 bits per heavy atom. The van der Waals surface area contributed by atoms with Gasteiger partial charge in [-0.1, -0.05) is 30.4 Å². The van der Waals surface area contributed by atoms with Gasteiger partial charge >= 0.3 is 0 Å². The van der Waals surface area contributed by atoms with Crippen LogP contribution in [-0.4, -0.2) is 31.1 Å². The molecule has 0 aliphatic carbocycles. The first kappa shape index (κ1) is 18.5. The molecule has 0 saturated heterocycles. The third-order valence-corrected chi connectivity index (χ3v) is 5.88. The summed E-state index contributed by atoms with van der Waals surface area (Å²) in [7, 11) is -3.64. The van der Waals surface area contributed by atoms with Gasteiger partial charge in [0.1, 0.15) is 5.01 Å². The highest BCUT2D eigenvalue weighted by atomic mass is 32.2. The smallest absolute Gasteiger partial charge is 0.240 e. The van der Waals surface area contributed by atoms with Crippen LogP contribution in [0.4, 0.5) is 5.13 Å². The van der Waals surface area contributed by atoms with Gasteiger partial charge in [-0.25, -0.2) is 13.1 Å². The Bertz CT molecular complexity index is 831. The van der Waals surface area contributed by atoms with Crippen molar-refractivity contribution in [3.05, 3.63) is 34.3 Å². The molecule has 0 radical (unpaired) electrons. The Morgan fingerprint density at radius 2 is 2.00 bits per heavy atom. The van der Waals surface area contributed by atoms with Gasteiger partial charge in [0.15, 0.2) is 0 Å². The van der Waals surface area contributed by atoms with Crippen LogP contribution in [0.3, 0.4) is 0 Å². The van der Waals surface area contributed by atoms with E-state index in [1.54, 1.807) is 19.1 Å². The largest absolute Gasteiger partial charge is 0.300 e. The van der Waals surface area contributed by atoms with Crippen molar-refractivity contribution in [2.75, 3.05) is 11.9 Å². The predicted molar refractivity (Wildman–Crippen MR) is 93.6 cm³/mol. The van der Waals surface area contributed by atoms with Gasteiger partial charge in [-0.3, -0.25) is 4.79 Å². The first-order valence-corrected chi connectivity index (χ1v) is 9.81. The third kappa shape index (κ3) is 4.83. The van der Waals surface area contributed by atoms with Crippen LogP contribution in [-0.2, 0) is 21.2 Å². The monoisotopic (exact) mass is 368 g/mol. The van der Waals surface area contributed by atoms with Gasteiger partial charge in [0.05, 0.1) is 4.90 Å². The van der Waals surface area contributed by atoms with Crippen LogP contribution in [0.5, 0.6) is 0 Å². The average molecular weight is 368 g/mol. The van der Waals surface area contributed by atoms with Crippen LogP contribution in [0.2, 0.25) is 0 Å². The zero-order chi connectivity index (χ0) is 17.7. The van der Waals surface area contributed by atoms with Crippen molar-refractivity contribution in [2.45, 2.75) is 38.5 Å². The van der Waals surface area contributed by atoms with Gasteiger partial charge in [0, 0.05) is 13.0 Å². The lowest BCUT2D eigenvalue weighted by molar-refractivity contribution is -0.116. The summed E-state index contributed by atoms with van der Waals surface area (Å²) in [4.78, 5) is 12.1. The number of rotatable bonds is 7. The predicted octanol–water partition coefficient (Wildman–Crippen LogP) is 2.02. The molecule has 0 unspecified atom stereocenters. The number of anilines is 1. The van der Waals surface area contributed by atoms with Crippen LogP contribution in [0.15, 0.2) is 23.1 Å². The molecule has 2 aromatic rings. The molecule has 1 heterocycles. The lowest BCUT2D eigenvalue weighted by Crippen LogP contribution is -2.28. The molecule has 1 aromatic carbocycles. The third-order valence-electron chi connectivity index (χ3n) is 3.29. The highest BCUT2D eigenvalue weighted by Crippen LogP contribution is 2.17. The summed E-state index contributed by atoms with van der Waals surface area (Å²) in [5, 5.41) is 11.6. The topological polar surface area (TPSA) is 101 Å². The molecular formula is C15H20N4O3S2. The fraction of sp³-hybridized carbons (Fsp3) is 0.400. The van der Waals surface area contributed by atoms with E-state index in [1.807, 2.05) is 19.9 Å². The lowest BCUT2D eigenvalue weighted by Gasteiger charge is -2.10. The molecule has 0 spiro atoms. The van der Waals surface area contributed by atoms with Crippen LogP contribution >= 0.6 is 11.3 Å². The summed E-state index contributed by atoms with van der Waals surface area (Å²) in [5.41, 5.74) is 1.53. The van der Waals surface area contributed by atoms with Crippen molar-refractivity contribution in [1.29, 1.82) is 0 Å². The van der Waals surface area contributed by atoms with Crippen LogP contribution in [0.25, 0.3) is 0 Å². The van der Waals surface area contributed by atoms with Crippen LogP contribution in [0.1, 0.15) is 29.5 Å². The first-order valence-electron chi connectivity index (χ1n) is 7.51. The standard InChI is InChI=1S/C15H20N4O3S2/c1-4-14-18-19-15(23-14)17-13(20)7-8-16-24(21,22)12-9-10(2)5-6-11(12)3/h5-6,9,16H,4,7-8H2,1-3H3,(H,17,19,20). The van der Waals surface area contributed by atoms with Gasteiger partial charge in [-0.2, -0.15) is 0 Å². The Morgan fingerprint density at radius 1 is 1.25 bits per heavy atom. The highest BCUT2D eigenvalue weighted by molar-refractivity contribution is 7.89. The quantitative estimate of drug-likeness (QED) is 0.779. The maximum absolute atomic E-state index is 12.3. The number of nitrogens with zero attached hydrogens (tertiary/aromatic N) is 2. The van der Waals surface area contributed by atoms with Crippen molar-refractivity contribution in [3.63, 3.8) is 0 Å². The molecule has 9 heteroatoms. The maximum atomic E-state index is 12.3. The van der Waals surface area contributed by atoms with Crippen molar-refractivity contribution >= 4 is 32.4 Å². The molecule has 0 bridgehead atoms. The number of amides is 1. The summed E-state index contributed by atoms with van der Waals surface area (Å²) < 4.78 is 27.1. The van der Waals surface area contributed by atoms with Crippen LogP contribution < -0.4 is 10.0 Å². The van der Waals surface area contributed by atoms with E-state index in [2.05, 4.69) is 20.2 Å². The van der Waals surface area contributed by atoms with Gasteiger partial charge < -0.3 is 5.32 Å². The Hall–Kier alpha value is -1.84. The minimum atomic E-state index is -3.64. The Kier molecular flexibility index (Phi) is 6.03. The Balaban J connectivity index is 1.90. The molecule has 7 nitrogen and oxygen atoms in total. The van der Waals surface area contributed by atoms with Gasteiger partial charge in [-0.15, -0.1) is 10.2 Å². The molecule has 0 saturated carbocycles. The first-order chi connectivity index (χ1) is 11.3. The van der Waals surface area contributed by atoms with E-state index < -0.39 is 10.0 Å². The van der Waals surface area contributed by atoms with Gasteiger partial charge in [0.2, 0.25) is 21.1 Å². The maximum Gasteiger partial charge on any atom is 0.240 e. The van der Waals surface area contributed by atoms with E-state index in [0.717, 1.165) is 17.0 Å². The molecule has 1 aromatic heterocycles. The van der Waals surface area contributed by atoms with E-state index in [9.17, 15) is 13.2 Å². The summed E-state index contributed by atoms with van der Waals surface area (Å²) in [6.07, 6.45) is 0.772. The number of sulfonamides is 1. The molecule has 130 valence electrons. The molecule has 1 amide bonds. The molecule has 2 N–H and O–H groups in total. The van der Waals surface area contributed by atoms with Gasteiger partial charge in [-0.05, 0) is 37.5 Å². The summed E-state index contributed by atoms with van der Waals surface area (Å²) in [5.74, 6) is -0.308. The number of aromatic nitrogens is 2. The number of carbonyl (C=O) groups is 1. The van der Waals surface area contributed by atoms with Crippen molar-refractivity contribution in [2.24, 2.45) is 0 Å². The number of benzene rings is 1. The normalized spacial score (nSPS) is 11.5. The average Bonchev–Trinajstić information content (AvgIpc) is 2.97. The zero-order valence-electron chi connectivity index (χ0n) is 13.8. The van der Waals surface area contributed by atoms with Crippen molar-refractivity contribution < 1.29 is 13.2 Å². The van der Waals surface area contributed by atoms with Gasteiger partial charge in [0.25, 0.3) is 0 Å². The SMILES string of the molecule is CCc1nnc(NC(=O)CCNS(=O)(=O)c2cc(C)ccc2C)s1. The van der Waals surface area contributed by atoms with E-state index in [-0.39, 0.29) is 23.8 Å². The number of carbonyl (C=O) groups excluding carboxylic acids is 1. The molecule has 0 fully saturated rings. The second kappa shape index (κ2) is 7.82. The number of hydrogen-bond acceptors (Lipinski definition) is 6. The zero-order valence-corrected chi connectivity index (χ0v) is 15.4. The fourth-order valence-electron chi connectivity index (χ4n) is 2.00. The minimum absolute atomic E-state index is 0.0149. The summed E-state index contributed by atoms with van der Waals surface area (Å²) >= 11 is 1.31. The van der Waals surface area contributed by atoms with Crippen molar-refractivity contribution in [3.8, 4) is 0 Å². The lowest BCUT2D eigenvalue weighted by atomic mass is 10.2. The molecule has 2 rings (SSSR count). The molecular weight excluding hydrogens is 348 g/mol. The van der Waals surface area contributed by atoms with E-state index in [0.29, 0.717) is 10.7 Å². The van der Waals surface area contributed by atoms with E-state index >= 15 is 0 Å². The number of aryl methyl sites for hydroxylation is 3. The molecule has 0 aliphatic heterocycles. The second-order valence-corrected chi connectivity index (χ2v) is 8.12. The van der Waals surface area contributed by atoms with E-state index in [4.69, 9.17) is 0 Å².